The van der Waals surface area contributed by atoms with Gasteiger partial charge in [-0.05, 0) is 73.2 Å². The number of nitrogens with zero attached hydrogens (tertiary/aromatic N) is 1. The van der Waals surface area contributed by atoms with E-state index in [-0.39, 0.29) is 28.5 Å². The number of carboxylic acids is 1. The quantitative estimate of drug-likeness (QED) is 0.276. The first-order chi connectivity index (χ1) is 16.5. The van der Waals surface area contributed by atoms with E-state index in [9.17, 15) is 27.5 Å². The van der Waals surface area contributed by atoms with Crippen LogP contribution in [0.25, 0.3) is 16.9 Å². The predicted octanol–water partition coefficient (Wildman–Crippen LogP) is 7.54. The van der Waals surface area contributed by atoms with Gasteiger partial charge in [-0.1, -0.05) is 23.7 Å². The number of halogens is 5. The molecule has 1 N–H and O–H groups in total. The maximum Gasteiger partial charge on any atom is 0.416 e. The van der Waals surface area contributed by atoms with Crippen molar-refractivity contribution < 1.29 is 32.2 Å². The van der Waals surface area contributed by atoms with Gasteiger partial charge in [0.05, 0.1) is 21.8 Å². The molecule has 0 unspecified atom stereocenters. The lowest BCUT2D eigenvalue weighted by molar-refractivity contribution is -0.137. The molecule has 0 saturated carbocycles. The molecule has 35 heavy (non-hydrogen) atoms. The highest BCUT2D eigenvalue weighted by molar-refractivity contribution is 6.33. The lowest BCUT2D eigenvalue weighted by atomic mass is 10.1. The molecule has 0 radical (unpaired) electrons. The third kappa shape index (κ3) is 5.17. The minimum absolute atomic E-state index is 0.00242. The molecule has 0 fully saturated rings. The van der Waals surface area contributed by atoms with E-state index in [1.807, 2.05) is 0 Å². The number of ether oxygens (including phenoxy) is 1. The van der Waals surface area contributed by atoms with E-state index in [4.69, 9.17) is 16.3 Å². The van der Waals surface area contributed by atoms with Gasteiger partial charge < -0.3 is 14.4 Å². The fraction of sp³-hybridized carbons (Fsp3) is 0.115. The van der Waals surface area contributed by atoms with Crippen LogP contribution in [0.15, 0.2) is 72.8 Å². The molecule has 1 aromatic heterocycles. The van der Waals surface area contributed by atoms with Crippen LogP contribution in [0, 0.1) is 12.7 Å². The van der Waals surface area contributed by atoms with Crippen LogP contribution in [0.3, 0.4) is 0 Å². The summed E-state index contributed by atoms with van der Waals surface area (Å²) in [6.07, 6.45) is -4.59. The molecule has 0 bridgehead atoms. The summed E-state index contributed by atoms with van der Waals surface area (Å²) < 4.78 is 61.4. The van der Waals surface area contributed by atoms with E-state index in [1.54, 1.807) is 29.7 Å². The van der Waals surface area contributed by atoms with E-state index in [2.05, 4.69) is 0 Å². The van der Waals surface area contributed by atoms with Gasteiger partial charge in [0.2, 0.25) is 0 Å². The second kappa shape index (κ2) is 9.46. The minimum atomic E-state index is -4.59. The van der Waals surface area contributed by atoms with Crippen molar-refractivity contribution in [1.82, 2.24) is 4.57 Å². The minimum Gasteiger partial charge on any atom is -0.488 e. The van der Waals surface area contributed by atoms with Crippen LogP contribution in [0.2, 0.25) is 5.02 Å². The number of aromatic carboxylic acids is 1. The zero-order valence-electron chi connectivity index (χ0n) is 18.2. The van der Waals surface area contributed by atoms with Crippen molar-refractivity contribution in [3.8, 4) is 22.7 Å². The predicted molar refractivity (Wildman–Crippen MR) is 124 cm³/mol. The molecule has 0 aliphatic heterocycles. The molecule has 0 atom stereocenters. The van der Waals surface area contributed by atoms with E-state index < -0.39 is 23.5 Å². The monoisotopic (exact) mass is 503 g/mol. The maximum absolute atomic E-state index is 13.6. The summed E-state index contributed by atoms with van der Waals surface area (Å²) in [6, 6.07) is 16.4. The molecule has 0 amide bonds. The SMILES string of the molecule is Cc1ccc(-c2cc(C(F)(F)F)ccc2OCc2ccc(F)cc2)n1-c1ccc(Cl)c(C(=O)O)c1. The molecule has 4 aromatic rings. The van der Waals surface area contributed by atoms with Gasteiger partial charge in [-0.3, -0.25) is 0 Å². The number of rotatable bonds is 6. The van der Waals surface area contributed by atoms with Crippen molar-refractivity contribution in [3.05, 3.63) is 106 Å². The van der Waals surface area contributed by atoms with E-state index in [1.165, 1.54) is 42.5 Å². The summed E-state index contributed by atoms with van der Waals surface area (Å²) in [7, 11) is 0. The lowest BCUT2D eigenvalue weighted by Gasteiger charge is -2.18. The van der Waals surface area contributed by atoms with Gasteiger partial charge in [-0.25, -0.2) is 9.18 Å². The van der Waals surface area contributed by atoms with E-state index in [0.29, 0.717) is 22.6 Å². The third-order valence-corrected chi connectivity index (χ3v) is 5.73. The van der Waals surface area contributed by atoms with Crippen molar-refractivity contribution in [2.24, 2.45) is 0 Å². The van der Waals surface area contributed by atoms with Gasteiger partial charge in [-0.2, -0.15) is 13.2 Å². The number of benzene rings is 3. The summed E-state index contributed by atoms with van der Waals surface area (Å²) in [5.74, 6) is -1.47. The Morgan fingerprint density at radius 2 is 1.71 bits per heavy atom. The molecule has 0 aliphatic rings. The second-order valence-electron chi connectivity index (χ2n) is 7.79. The normalized spacial score (nSPS) is 11.5. The summed E-state index contributed by atoms with van der Waals surface area (Å²) in [5, 5.41) is 9.48. The average molecular weight is 504 g/mol. The average Bonchev–Trinajstić information content (AvgIpc) is 3.19. The van der Waals surface area contributed by atoms with Crippen LogP contribution in [-0.2, 0) is 12.8 Å². The van der Waals surface area contributed by atoms with Gasteiger partial charge in [0.25, 0.3) is 0 Å². The topological polar surface area (TPSA) is 51.5 Å². The van der Waals surface area contributed by atoms with Crippen LogP contribution in [0.4, 0.5) is 17.6 Å². The molecule has 180 valence electrons. The smallest absolute Gasteiger partial charge is 0.416 e. The van der Waals surface area contributed by atoms with Crippen LogP contribution < -0.4 is 4.74 Å². The van der Waals surface area contributed by atoms with Crippen molar-refractivity contribution in [3.63, 3.8) is 0 Å². The van der Waals surface area contributed by atoms with Gasteiger partial charge in [-0.15, -0.1) is 0 Å². The number of aryl methyl sites for hydroxylation is 1. The van der Waals surface area contributed by atoms with Gasteiger partial charge in [0.1, 0.15) is 18.2 Å². The van der Waals surface area contributed by atoms with Crippen LogP contribution >= 0.6 is 11.6 Å². The molecule has 3 aromatic carbocycles. The van der Waals surface area contributed by atoms with Crippen LogP contribution in [0.1, 0.15) is 27.2 Å². The largest absolute Gasteiger partial charge is 0.488 e. The van der Waals surface area contributed by atoms with Gasteiger partial charge >= 0.3 is 12.1 Å². The third-order valence-electron chi connectivity index (χ3n) is 5.41. The summed E-state index contributed by atoms with van der Waals surface area (Å²) in [4.78, 5) is 11.6. The van der Waals surface area contributed by atoms with Crippen molar-refractivity contribution in [1.29, 1.82) is 0 Å². The molecule has 9 heteroatoms. The molecule has 0 aliphatic carbocycles. The Hall–Kier alpha value is -3.78. The Kier molecular flexibility index (Phi) is 6.58. The first-order valence-electron chi connectivity index (χ1n) is 10.3. The second-order valence-corrected chi connectivity index (χ2v) is 8.20. The van der Waals surface area contributed by atoms with E-state index in [0.717, 1.165) is 12.1 Å². The molecular weight excluding hydrogens is 486 g/mol. The first-order valence-corrected chi connectivity index (χ1v) is 10.7. The summed E-state index contributed by atoms with van der Waals surface area (Å²) in [6.45, 7) is 1.74. The standard InChI is InChI=1S/C26H18ClF4NO3/c1-15-2-10-23(32(15)19-8-9-22(27)20(13-19)25(33)34)21-12-17(26(29,30)31)5-11-24(21)35-14-16-3-6-18(28)7-4-16/h2-13H,14H2,1H3,(H,33,34). The Morgan fingerprint density at radius 1 is 1.00 bits per heavy atom. The maximum atomic E-state index is 13.6. The number of carboxylic acid groups (broad SMARTS) is 1. The molecular formula is C26H18ClF4NO3. The van der Waals surface area contributed by atoms with Crippen molar-refractivity contribution in [2.75, 3.05) is 0 Å². The molecule has 0 saturated heterocycles. The molecule has 4 nitrogen and oxygen atoms in total. The number of alkyl halides is 3. The Morgan fingerprint density at radius 3 is 2.37 bits per heavy atom. The van der Waals surface area contributed by atoms with Crippen LogP contribution in [-0.4, -0.2) is 15.6 Å². The van der Waals surface area contributed by atoms with Gasteiger partial charge in [0, 0.05) is 16.9 Å². The highest BCUT2D eigenvalue weighted by Gasteiger charge is 2.32. The van der Waals surface area contributed by atoms with Crippen LogP contribution in [0.5, 0.6) is 5.75 Å². The molecule has 0 spiro atoms. The zero-order chi connectivity index (χ0) is 25.3. The summed E-state index contributed by atoms with van der Waals surface area (Å²) >= 11 is 6.00. The fourth-order valence-corrected chi connectivity index (χ4v) is 3.88. The highest BCUT2D eigenvalue weighted by atomic mass is 35.5. The van der Waals surface area contributed by atoms with E-state index >= 15 is 0 Å². The van der Waals surface area contributed by atoms with Gasteiger partial charge in [0.15, 0.2) is 0 Å². The Labute approximate surface area is 203 Å². The Bertz CT molecular complexity index is 1390. The molecule has 1 heterocycles. The highest BCUT2D eigenvalue weighted by Crippen LogP contribution is 2.39. The lowest BCUT2D eigenvalue weighted by Crippen LogP contribution is -2.08. The first kappa shape index (κ1) is 24.3. The fourth-order valence-electron chi connectivity index (χ4n) is 3.68. The van der Waals surface area contributed by atoms with Crippen molar-refractivity contribution in [2.45, 2.75) is 19.7 Å². The number of hydrogen-bond acceptors (Lipinski definition) is 2. The Balaban J connectivity index is 1.83. The number of carbonyl (C=O) groups is 1. The summed E-state index contributed by atoms with van der Waals surface area (Å²) in [5.41, 5.74) is 1.21. The number of hydrogen-bond donors (Lipinski definition) is 1. The number of aromatic nitrogens is 1. The zero-order valence-corrected chi connectivity index (χ0v) is 19.0. The molecule has 4 rings (SSSR count). The van der Waals surface area contributed by atoms with Crippen molar-refractivity contribution >= 4 is 17.6 Å².